The van der Waals surface area contributed by atoms with Crippen LogP contribution in [0.25, 0.3) is 20.8 Å². The fourth-order valence-electron chi connectivity index (χ4n) is 1.86. The first-order valence-electron chi connectivity index (χ1n) is 5.90. The largest absolute Gasteiger partial charge is 0.390 e. The van der Waals surface area contributed by atoms with Gasteiger partial charge >= 0.3 is 0 Å². The Balaban J connectivity index is 2.13. The van der Waals surface area contributed by atoms with Crippen LogP contribution in [0.4, 0.5) is 5.00 Å². The molecule has 18 heavy (non-hydrogen) atoms. The summed E-state index contributed by atoms with van der Waals surface area (Å²) in [6, 6.07) is 10.4. The second-order valence-corrected chi connectivity index (χ2v) is 6.71. The molecule has 0 spiro atoms. The molecule has 0 saturated heterocycles. The van der Waals surface area contributed by atoms with E-state index < -0.39 is 0 Å². The highest BCUT2D eigenvalue weighted by Crippen LogP contribution is 2.40. The van der Waals surface area contributed by atoms with Crippen LogP contribution < -0.4 is 5.73 Å². The van der Waals surface area contributed by atoms with E-state index in [-0.39, 0.29) is 0 Å². The molecule has 1 aromatic carbocycles. The Hall–Kier alpha value is -1.39. The maximum absolute atomic E-state index is 6.12. The quantitative estimate of drug-likeness (QED) is 0.733. The second kappa shape index (κ2) is 4.37. The summed E-state index contributed by atoms with van der Waals surface area (Å²) in [6.45, 7) is 4.38. The van der Waals surface area contributed by atoms with Crippen molar-refractivity contribution in [1.29, 1.82) is 0 Å². The van der Waals surface area contributed by atoms with Crippen LogP contribution in [-0.2, 0) is 0 Å². The van der Waals surface area contributed by atoms with Gasteiger partial charge in [0.25, 0.3) is 0 Å². The summed E-state index contributed by atoms with van der Waals surface area (Å²) in [5, 5.41) is 1.90. The molecule has 3 rings (SSSR count). The highest BCUT2D eigenvalue weighted by molar-refractivity contribution is 7.22. The minimum Gasteiger partial charge on any atom is -0.390 e. The highest BCUT2D eigenvalue weighted by atomic mass is 32.1. The number of hydrogen-bond acceptors (Lipinski definition) is 4. The first kappa shape index (κ1) is 11.7. The number of benzene rings is 1. The van der Waals surface area contributed by atoms with Crippen LogP contribution in [0.1, 0.15) is 24.6 Å². The summed E-state index contributed by atoms with van der Waals surface area (Å²) in [7, 11) is 0. The van der Waals surface area contributed by atoms with Crippen LogP contribution in [0, 0.1) is 0 Å². The molecule has 0 aliphatic rings. The average Bonchev–Trinajstić information content (AvgIpc) is 2.91. The third-order valence-electron chi connectivity index (χ3n) is 2.87. The predicted molar refractivity (Wildman–Crippen MR) is 81.4 cm³/mol. The highest BCUT2D eigenvalue weighted by Gasteiger charge is 2.14. The molecule has 0 amide bonds. The van der Waals surface area contributed by atoms with Crippen LogP contribution in [0.2, 0.25) is 0 Å². The van der Waals surface area contributed by atoms with Crippen molar-refractivity contribution < 1.29 is 0 Å². The van der Waals surface area contributed by atoms with Crippen molar-refractivity contribution in [1.82, 2.24) is 4.98 Å². The van der Waals surface area contributed by atoms with E-state index in [0.717, 1.165) is 21.1 Å². The van der Waals surface area contributed by atoms with Crippen LogP contribution in [0.3, 0.4) is 0 Å². The van der Waals surface area contributed by atoms with Crippen molar-refractivity contribution in [3.05, 3.63) is 35.2 Å². The van der Waals surface area contributed by atoms with E-state index in [1.165, 1.54) is 9.58 Å². The van der Waals surface area contributed by atoms with Crippen molar-refractivity contribution in [2.75, 3.05) is 5.73 Å². The number of anilines is 1. The van der Waals surface area contributed by atoms with Gasteiger partial charge in [-0.05, 0) is 24.1 Å². The van der Waals surface area contributed by atoms with Crippen molar-refractivity contribution in [3.8, 4) is 10.6 Å². The van der Waals surface area contributed by atoms with Gasteiger partial charge in [-0.15, -0.1) is 22.7 Å². The van der Waals surface area contributed by atoms with Gasteiger partial charge in [0.2, 0.25) is 0 Å². The summed E-state index contributed by atoms with van der Waals surface area (Å²) in [5.74, 6) is 0.514. The number of nitrogen functional groups attached to an aromatic ring is 1. The van der Waals surface area contributed by atoms with E-state index in [0.29, 0.717) is 5.92 Å². The normalized spacial score (nSPS) is 11.5. The van der Waals surface area contributed by atoms with Crippen LogP contribution in [0.15, 0.2) is 30.3 Å². The van der Waals surface area contributed by atoms with Crippen molar-refractivity contribution in [2.45, 2.75) is 19.8 Å². The lowest BCUT2D eigenvalue weighted by Crippen LogP contribution is -1.81. The number of aromatic nitrogens is 1. The summed E-state index contributed by atoms with van der Waals surface area (Å²) >= 11 is 3.38. The van der Waals surface area contributed by atoms with Gasteiger partial charge in [0, 0.05) is 10.4 Å². The van der Waals surface area contributed by atoms with Crippen molar-refractivity contribution in [3.63, 3.8) is 0 Å². The van der Waals surface area contributed by atoms with Gasteiger partial charge < -0.3 is 5.73 Å². The molecule has 0 bridgehead atoms. The molecule has 0 unspecified atom stereocenters. The summed E-state index contributed by atoms with van der Waals surface area (Å²) in [4.78, 5) is 5.98. The van der Waals surface area contributed by atoms with Crippen molar-refractivity contribution in [2.24, 2.45) is 0 Å². The number of rotatable bonds is 2. The number of thiophene rings is 1. The lowest BCUT2D eigenvalue weighted by Gasteiger charge is -1.96. The maximum Gasteiger partial charge on any atom is 0.127 e. The molecular weight excluding hydrogens is 260 g/mol. The van der Waals surface area contributed by atoms with E-state index in [4.69, 9.17) is 5.73 Å². The monoisotopic (exact) mass is 274 g/mol. The fourth-order valence-corrected chi connectivity index (χ4v) is 3.86. The Morgan fingerprint density at radius 2 is 1.94 bits per heavy atom. The van der Waals surface area contributed by atoms with Crippen LogP contribution >= 0.6 is 22.7 Å². The van der Waals surface area contributed by atoms with E-state index in [2.05, 4.69) is 31.0 Å². The van der Waals surface area contributed by atoms with E-state index >= 15 is 0 Å². The molecule has 0 fully saturated rings. The van der Waals surface area contributed by atoms with Gasteiger partial charge in [-0.1, -0.05) is 26.0 Å². The average molecular weight is 274 g/mol. The fraction of sp³-hybridized carbons (Fsp3) is 0.214. The summed E-state index contributed by atoms with van der Waals surface area (Å²) in [6.07, 6.45) is 0. The number of para-hydroxylation sites is 1. The molecule has 2 N–H and O–H groups in total. The smallest absolute Gasteiger partial charge is 0.127 e. The zero-order valence-electron chi connectivity index (χ0n) is 10.3. The lowest BCUT2D eigenvalue weighted by molar-refractivity contribution is 0.890. The molecule has 2 nitrogen and oxygen atoms in total. The molecule has 0 aliphatic carbocycles. The van der Waals surface area contributed by atoms with E-state index in [1.54, 1.807) is 22.7 Å². The molecule has 0 radical (unpaired) electrons. The van der Waals surface area contributed by atoms with Crippen LogP contribution in [-0.4, -0.2) is 4.98 Å². The number of nitrogens with zero attached hydrogens (tertiary/aromatic N) is 1. The van der Waals surface area contributed by atoms with Gasteiger partial charge in [-0.3, -0.25) is 0 Å². The summed E-state index contributed by atoms with van der Waals surface area (Å²) < 4.78 is 1.21. The number of nitrogens with two attached hydrogens (primary N) is 1. The molecule has 0 atom stereocenters. The molecular formula is C14H14N2S2. The minimum absolute atomic E-state index is 0.514. The maximum atomic E-state index is 6.12. The number of fused-ring (bicyclic) bond motifs is 1. The Bertz CT molecular complexity index is 662. The lowest BCUT2D eigenvalue weighted by atomic mass is 10.1. The Morgan fingerprint density at radius 3 is 2.61 bits per heavy atom. The molecule has 0 aliphatic heterocycles. The number of thiazole rings is 1. The zero-order valence-corrected chi connectivity index (χ0v) is 11.9. The molecule has 2 heterocycles. The third-order valence-corrected chi connectivity index (χ3v) is 5.21. The van der Waals surface area contributed by atoms with Gasteiger partial charge in [-0.2, -0.15) is 0 Å². The minimum atomic E-state index is 0.514. The van der Waals surface area contributed by atoms with Crippen molar-refractivity contribution >= 4 is 37.9 Å². The third kappa shape index (κ3) is 1.91. The molecule has 3 aromatic rings. The first-order chi connectivity index (χ1) is 8.65. The van der Waals surface area contributed by atoms with Crippen LogP contribution in [0.5, 0.6) is 0 Å². The Kier molecular flexibility index (Phi) is 2.84. The molecule has 4 heteroatoms. The molecule has 0 saturated carbocycles. The van der Waals surface area contributed by atoms with Gasteiger partial charge in [0.05, 0.1) is 15.2 Å². The standard InChI is InChI=1S/C14H14N2S2/c1-8(2)12-7-9(13(15)17-12)14-16-10-5-3-4-6-11(10)18-14/h3-8H,15H2,1-2H3. The van der Waals surface area contributed by atoms with E-state index in [9.17, 15) is 0 Å². The van der Waals surface area contributed by atoms with Gasteiger partial charge in [0.1, 0.15) is 5.01 Å². The van der Waals surface area contributed by atoms with E-state index in [1.807, 2.05) is 18.2 Å². The Morgan fingerprint density at radius 1 is 1.17 bits per heavy atom. The first-order valence-corrected chi connectivity index (χ1v) is 7.53. The number of hydrogen-bond donors (Lipinski definition) is 1. The summed E-state index contributed by atoms with van der Waals surface area (Å²) in [5.41, 5.74) is 8.26. The topological polar surface area (TPSA) is 38.9 Å². The zero-order chi connectivity index (χ0) is 12.7. The molecule has 2 aromatic heterocycles. The predicted octanol–water partition coefficient (Wildman–Crippen LogP) is 4.73. The molecule has 92 valence electrons. The SMILES string of the molecule is CC(C)c1cc(-c2nc3ccccc3s2)c(N)s1. The Labute approximate surface area is 114 Å². The second-order valence-electron chi connectivity index (χ2n) is 4.57. The van der Waals surface area contributed by atoms with Gasteiger partial charge in [0.15, 0.2) is 0 Å². The van der Waals surface area contributed by atoms with Gasteiger partial charge in [-0.25, -0.2) is 4.98 Å².